The van der Waals surface area contributed by atoms with Crippen LogP contribution in [-0.2, 0) is 0 Å². The lowest BCUT2D eigenvalue weighted by molar-refractivity contribution is 0.740. The van der Waals surface area contributed by atoms with E-state index < -0.39 is 0 Å². The molecule has 3 nitrogen and oxygen atoms in total. The Kier molecular flexibility index (Phi) is 3.71. The van der Waals surface area contributed by atoms with E-state index in [0.29, 0.717) is 6.54 Å². The molecule has 88 valence electrons. The van der Waals surface area contributed by atoms with Crippen LogP contribution in [0.3, 0.4) is 0 Å². The second-order valence-electron chi connectivity index (χ2n) is 4.16. The van der Waals surface area contributed by atoms with E-state index >= 15 is 0 Å². The van der Waals surface area contributed by atoms with Gasteiger partial charge in [0, 0.05) is 37.7 Å². The standard InChI is InChI=1S/C12H18BrN3/c1-15-7-3-8-16(9-6-14)12-10(13)4-2-5-11(12)15/h2,4-5H,3,6-9,14H2,1H3. The lowest BCUT2D eigenvalue weighted by Gasteiger charge is -2.26. The number of nitrogens with two attached hydrogens (primary N) is 1. The predicted octanol–water partition coefficient (Wildman–Crippen LogP) is 2.05. The highest BCUT2D eigenvalue weighted by Gasteiger charge is 2.19. The van der Waals surface area contributed by atoms with E-state index in [4.69, 9.17) is 5.73 Å². The molecule has 1 aliphatic rings. The first kappa shape index (κ1) is 11.7. The first-order valence-corrected chi connectivity index (χ1v) is 6.48. The first-order valence-electron chi connectivity index (χ1n) is 5.68. The topological polar surface area (TPSA) is 32.5 Å². The highest BCUT2D eigenvalue weighted by Crippen LogP contribution is 2.37. The van der Waals surface area contributed by atoms with Crippen molar-refractivity contribution < 1.29 is 0 Å². The largest absolute Gasteiger partial charge is 0.373 e. The molecule has 0 radical (unpaired) electrons. The summed E-state index contributed by atoms with van der Waals surface area (Å²) in [5.74, 6) is 0. The molecule has 1 heterocycles. The number of benzene rings is 1. The zero-order valence-electron chi connectivity index (χ0n) is 9.62. The summed E-state index contributed by atoms with van der Waals surface area (Å²) >= 11 is 3.65. The number of hydrogen-bond donors (Lipinski definition) is 1. The summed E-state index contributed by atoms with van der Waals surface area (Å²) in [7, 11) is 2.15. The molecule has 0 amide bonds. The minimum Gasteiger partial charge on any atom is -0.373 e. The number of hydrogen-bond acceptors (Lipinski definition) is 3. The molecular formula is C12H18BrN3. The third-order valence-corrected chi connectivity index (χ3v) is 3.65. The number of halogens is 1. The van der Waals surface area contributed by atoms with Gasteiger partial charge in [0.05, 0.1) is 11.4 Å². The van der Waals surface area contributed by atoms with E-state index in [1.165, 1.54) is 17.8 Å². The van der Waals surface area contributed by atoms with Gasteiger partial charge >= 0.3 is 0 Å². The Morgan fingerprint density at radius 2 is 2.19 bits per heavy atom. The molecule has 1 aliphatic heterocycles. The summed E-state index contributed by atoms with van der Waals surface area (Å²) in [6, 6.07) is 6.36. The first-order chi connectivity index (χ1) is 7.74. The van der Waals surface area contributed by atoms with Gasteiger partial charge in [-0.05, 0) is 34.5 Å². The lowest BCUT2D eigenvalue weighted by Crippen LogP contribution is -2.30. The summed E-state index contributed by atoms with van der Waals surface area (Å²) < 4.78 is 1.16. The maximum atomic E-state index is 5.68. The van der Waals surface area contributed by atoms with Crippen molar-refractivity contribution in [1.82, 2.24) is 0 Å². The Balaban J connectivity index is 2.44. The molecule has 0 atom stereocenters. The Hall–Kier alpha value is -0.740. The summed E-state index contributed by atoms with van der Waals surface area (Å²) in [5.41, 5.74) is 8.26. The molecule has 0 unspecified atom stereocenters. The summed E-state index contributed by atoms with van der Waals surface area (Å²) in [5, 5.41) is 0. The molecule has 2 rings (SSSR count). The quantitative estimate of drug-likeness (QED) is 0.902. The molecule has 0 saturated heterocycles. The number of anilines is 2. The number of para-hydroxylation sites is 1. The van der Waals surface area contributed by atoms with E-state index in [9.17, 15) is 0 Å². The van der Waals surface area contributed by atoms with Crippen LogP contribution >= 0.6 is 15.9 Å². The Morgan fingerprint density at radius 1 is 1.38 bits per heavy atom. The Bertz CT molecular complexity index is 367. The van der Waals surface area contributed by atoms with Crippen LogP contribution in [0.15, 0.2) is 22.7 Å². The Morgan fingerprint density at radius 3 is 2.94 bits per heavy atom. The molecule has 1 aromatic rings. The van der Waals surface area contributed by atoms with Crippen molar-refractivity contribution in [3.8, 4) is 0 Å². The molecule has 0 fully saturated rings. The number of rotatable bonds is 2. The third kappa shape index (κ3) is 2.18. The van der Waals surface area contributed by atoms with E-state index in [2.05, 4.69) is 51.0 Å². The van der Waals surface area contributed by atoms with Gasteiger partial charge in [0.1, 0.15) is 0 Å². The van der Waals surface area contributed by atoms with Gasteiger partial charge in [-0.2, -0.15) is 0 Å². The van der Waals surface area contributed by atoms with Gasteiger partial charge in [0.2, 0.25) is 0 Å². The summed E-state index contributed by atoms with van der Waals surface area (Å²) in [6.07, 6.45) is 1.18. The lowest BCUT2D eigenvalue weighted by atomic mass is 10.2. The fraction of sp³-hybridized carbons (Fsp3) is 0.500. The normalized spacial score (nSPS) is 15.9. The monoisotopic (exact) mass is 283 g/mol. The molecule has 0 aliphatic carbocycles. The molecule has 0 saturated carbocycles. The molecule has 0 aromatic heterocycles. The van der Waals surface area contributed by atoms with Gasteiger partial charge < -0.3 is 15.5 Å². The predicted molar refractivity (Wildman–Crippen MR) is 73.3 cm³/mol. The van der Waals surface area contributed by atoms with Crippen LogP contribution in [0.5, 0.6) is 0 Å². The molecule has 0 bridgehead atoms. The Labute approximate surface area is 105 Å². The highest BCUT2D eigenvalue weighted by molar-refractivity contribution is 9.10. The second-order valence-corrected chi connectivity index (χ2v) is 5.01. The van der Waals surface area contributed by atoms with Crippen molar-refractivity contribution >= 4 is 27.3 Å². The minimum absolute atomic E-state index is 0.699. The SMILES string of the molecule is CN1CCCN(CCN)c2c(Br)cccc21. The average Bonchev–Trinajstić information content (AvgIpc) is 2.42. The van der Waals surface area contributed by atoms with Gasteiger partial charge in [-0.1, -0.05) is 6.07 Å². The fourth-order valence-electron chi connectivity index (χ4n) is 2.24. The molecule has 4 heteroatoms. The van der Waals surface area contributed by atoms with Crippen LogP contribution in [0.1, 0.15) is 6.42 Å². The van der Waals surface area contributed by atoms with Crippen molar-refractivity contribution in [2.45, 2.75) is 6.42 Å². The van der Waals surface area contributed by atoms with Crippen LogP contribution < -0.4 is 15.5 Å². The number of fused-ring (bicyclic) bond motifs is 1. The third-order valence-electron chi connectivity index (χ3n) is 3.01. The average molecular weight is 284 g/mol. The van der Waals surface area contributed by atoms with E-state index in [1.807, 2.05) is 0 Å². The van der Waals surface area contributed by atoms with Crippen LogP contribution in [0.25, 0.3) is 0 Å². The fourth-order valence-corrected chi connectivity index (χ4v) is 2.84. The molecular weight excluding hydrogens is 266 g/mol. The van der Waals surface area contributed by atoms with Gasteiger partial charge in [-0.3, -0.25) is 0 Å². The van der Waals surface area contributed by atoms with E-state index in [-0.39, 0.29) is 0 Å². The molecule has 2 N–H and O–H groups in total. The van der Waals surface area contributed by atoms with Crippen LogP contribution in [0.2, 0.25) is 0 Å². The minimum atomic E-state index is 0.699. The van der Waals surface area contributed by atoms with Crippen LogP contribution in [-0.4, -0.2) is 33.2 Å². The zero-order valence-corrected chi connectivity index (χ0v) is 11.2. The zero-order chi connectivity index (χ0) is 11.5. The van der Waals surface area contributed by atoms with Crippen LogP contribution in [0, 0.1) is 0 Å². The summed E-state index contributed by atoms with van der Waals surface area (Å²) in [4.78, 5) is 4.69. The molecule has 1 aromatic carbocycles. The van der Waals surface area contributed by atoms with Gasteiger partial charge in [-0.25, -0.2) is 0 Å². The number of nitrogens with zero attached hydrogens (tertiary/aromatic N) is 2. The summed E-state index contributed by atoms with van der Waals surface area (Å²) in [6.45, 7) is 3.80. The molecule has 16 heavy (non-hydrogen) atoms. The van der Waals surface area contributed by atoms with Crippen molar-refractivity contribution in [1.29, 1.82) is 0 Å². The van der Waals surface area contributed by atoms with E-state index in [1.54, 1.807) is 0 Å². The maximum Gasteiger partial charge on any atom is 0.0748 e. The van der Waals surface area contributed by atoms with Crippen molar-refractivity contribution in [3.63, 3.8) is 0 Å². The van der Waals surface area contributed by atoms with Gasteiger partial charge in [0.15, 0.2) is 0 Å². The second kappa shape index (κ2) is 5.06. The van der Waals surface area contributed by atoms with Gasteiger partial charge in [0.25, 0.3) is 0 Å². The highest BCUT2D eigenvalue weighted by atomic mass is 79.9. The van der Waals surface area contributed by atoms with Crippen molar-refractivity contribution in [3.05, 3.63) is 22.7 Å². The smallest absolute Gasteiger partial charge is 0.0748 e. The molecule has 0 spiro atoms. The van der Waals surface area contributed by atoms with Gasteiger partial charge in [-0.15, -0.1) is 0 Å². The van der Waals surface area contributed by atoms with Crippen molar-refractivity contribution in [2.75, 3.05) is 43.0 Å². The van der Waals surface area contributed by atoms with Crippen LogP contribution in [0.4, 0.5) is 11.4 Å². The maximum absolute atomic E-state index is 5.68. The van der Waals surface area contributed by atoms with Crippen molar-refractivity contribution in [2.24, 2.45) is 5.73 Å². The van der Waals surface area contributed by atoms with E-state index in [0.717, 1.165) is 24.1 Å².